The molecule has 1 saturated heterocycles. The lowest BCUT2D eigenvalue weighted by Gasteiger charge is -2.33. The van der Waals surface area contributed by atoms with E-state index in [2.05, 4.69) is 10.3 Å². The second-order valence-corrected chi connectivity index (χ2v) is 4.29. The van der Waals surface area contributed by atoms with Crippen molar-refractivity contribution in [2.24, 2.45) is 0 Å². The summed E-state index contributed by atoms with van der Waals surface area (Å²) < 4.78 is 0. The van der Waals surface area contributed by atoms with E-state index in [9.17, 15) is 4.79 Å². The molecule has 1 aromatic heterocycles. The van der Waals surface area contributed by atoms with Crippen LogP contribution < -0.4 is 5.32 Å². The van der Waals surface area contributed by atoms with Gasteiger partial charge >= 0.3 is 0 Å². The molecule has 1 unspecified atom stereocenters. The molecule has 2 heterocycles. The molecule has 0 aromatic carbocycles. The van der Waals surface area contributed by atoms with Crippen LogP contribution in [0, 0.1) is 0 Å². The molecule has 1 N–H and O–H groups in total. The summed E-state index contributed by atoms with van der Waals surface area (Å²) in [5, 5.41) is 3.32. The Kier molecular flexibility index (Phi) is 2.82. The molecular weight excluding hydrogens is 188 g/mol. The van der Waals surface area contributed by atoms with Crippen molar-refractivity contribution in [3.05, 3.63) is 30.1 Å². The van der Waals surface area contributed by atoms with E-state index in [-0.39, 0.29) is 11.3 Å². The Bertz CT molecular complexity index is 342. The fourth-order valence-corrected chi connectivity index (χ4v) is 2.07. The van der Waals surface area contributed by atoms with Crippen molar-refractivity contribution in [2.75, 3.05) is 6.54 Å². The summed E-state index contributed by atoms with van der Waals surface area (Å²) in [6, 6.07) is 3.64. The lowest BCUT2D eigenvalue weighted by molar-refractivity contribution is 0.0834. The third-order valence-electron chi connectivity index (χ3n) is 3.04. The topological polar surface area (TPSA) is 42.0 Å². The van der Waals surface area contributed by atoms with Crippen LogP contribution in [0.4, 0.5) is 0 Å². The van der Waals surface area contributed by atoms with Gasteiger partial charge in [-0.15, -0.1) is 0 Å². The number of hydrogen-bond acceptors (Lipinski definition) is 3. The van der Waals surface area contributed by atoms with Gasteiger partial charge in [0.25, 0.3) is 0 Å². The highest BCUT2D eigenvalue weighted by molar-refractivity contribution is 6.02. The van der Waals surface area contributed by atoms with Gasteiger partial charge < -0.3 is 5.32 Å². The smallest absolute Gasteiger partial charge is 0.184 e. The van der Waals surface area contributed by atoms with E-state index in [4.69, 9.17) is 0 Å². The van der Waals surface area contributed by atoms with E-state index in [0.717, 1.165) is 25.8 Å². The summed E-state index contributed by atoms with van der Waals surface area (Å²) in [5.41, 5.74) is 0.316. The first-order valence-corrected chi connectivity index (χ1v) is 5.42. The summed E-state index contributed by atoms with van der Waals surface area (Å²) in [6.45, 7) is 2.92. The van der Waals surface area contributed by atoms with Gasteiger partial charge in [-0.1, -0.05) is 0 Å². The number of piperidine rings is 1. The molecule has 3 nitrogen and oxygen atoms in total. The zero-order valence-electron chi connectivity index (χ0n) is 8.99. The summed E-state index contributed by atoms with van der Waals surface area (Å²) >= 11 is 0. The minimum Gasteiger partial charge on any atom is -0.305 e. The van der Waals surface area contributed by atoms with Crippen molar-refractivity contribution in [1.82, 2.24) is 10.3 Å². The van der Waals surface area contributed by atoms with Crippen molar-refractivity contribution in [3.63, 3.8) is 0 Å². The molecule has 1 fully saturated rings. The van der Waals surface area contributed by atoms with Crippen LogP contribution in [-0.4, -0.2) is 22.9 Å². The first-order chi connectivity index (χ1) is 7.22. The number of carbonyl (C=O) groups excluding carboxylic acids is 1. The molecule has 80 valence electrons. The normalized spacial score (nSPS) is 26.2. The average Bonchev–Trinajstić information content (AvgIpc) is 2.30. The molecule has 0 aliphatic carbocycles. The molecule has 1 aliphatic heterocycles. The van der Waals surface area contributed by atoms with Crippen LogP contribution >= 0.6 is 0 Å². The monoisotopic (exact) mass is 204 g/mol. The molecule has 3 heteroatoms. The van der Waals surface area contributed by atoms with Gasteiger partial charge in [0.1, 0.15) is 0 Å². The van der Waals surface area contributed by atoms with Gasteiger partial charge in [0.05, 0.1) is 5.54 Å². The average molecular weight is 204 g/mol. The number of nitrogens with zero attached hydrogens (tertiary/aromatic N) is 1. The van der Waals surface area contributed by atoms with E-state index in [1.54, 1.807) is 18.5 Å². The first-order valence-electron chi connectivity index (χ1n) is 5.42. The number of pyridine rings is 1. The molecule has 2 rings (SSSR count). The molecule has 1 aromatic rings. The summed E-state index contributed by atoms with van der Waals surface area (Å²) in [5.74, 6) is 0.162. The largest absolute Gasteiger partial charge is 0.305 e. The van der Waals surface area contributed by atoms with E-state index in [0.29, 0.717) is 5.56 Å². The Morgan fingerprint density at radius 1 is 1.53 bits per heavy atom. The SMILES string of the molecule is CC1(C(=O)c2cccnc2)CCCCN1. The maximum atomic E-state index is 12.2. The predicted octanol–water partition coefficient (Wildman–Crippen LogP) is 1.80. The third-order valence-corrected chi connectivity index (χ3v) is 3.04. The van der Waals surface area contributed by atoms with E-state index in [1.165, 1.54) is 0 Å². The van der Waals surface area contributed by atoms with Crippen LogP contribution in [0.15, 0.2) is 24.5 Å². The Balaban J connectivity index is 2.20. The fourth-order valence-electron chi connectivity index (χ4n) is 2.07. The summed E-state index contributed by atoms with van der Waals surface area (Å²) in [6.07, 6.45) is 6.53. The van der Waals surface area contributed by atoms with Gasteiger partial charge in [-0.3, -0.25) is 9.78 Å². The predicted molar refractivity (Wildman–Crippen MR) is 58.8 cm³/mol. The minimum absolute atomic E-state index is 0.162. The summed E-state index contributed by atoms with van der Waals surface area (Å²) in [7, 11) is 0. The van der Waals surface area contributed by atoms with Crippen LogP contribution in [-0.2, 0) is 0 Å². The highest BCUT2D eigenvalue weighted by Crippen LogP contribution is 2.22. The minimum atomic E-state index is -0.388. The van der Waals surface area contributed by atoms with Crippen LogP contribution in [0.1, 0.15) is 36.5 Å². The number of rotatable bonds is 2. The molecular formula is C12H16N2O. The number of hydrogen-bond donors (Lipinski definition) is 1. The zero-order chi connectivity index (χ0) is 10.7. The maximum Gasteiger partial charge on any atom is 0.184 e. The van der Waals surface area contributed by atoms with Gasteiger partial charge in [0.2, 0.25) is 0 Å². The quantitative estimate of drug-likeness (QED) is 0.747. The van der Waals surface area contributed by atoms with Crippen molar-refractivity contribution >= 4 is 5.78 Å². The Hall–Kier alpha value is -1.22. The van der Waals surface area contributed by atoms with E-state index < -0.39 is 0 Å². The molecule has 0 saturated carbocycles. The molecule has 0 radical (unpaired) electrons. The molecule has 15 heavy (non-hydrogen) atoms. The lowest BCUT2D eigenvalue weighted by atomic mass is 9.84. The van der Waals surface area contributed by atoms with Crippen molar-refractivity contribution in [3.8, 4) is 0 Å². The second kappa shape index (κ2) is 4.11. The highest BCUT2D eigenvalue weighted by Gasteiger charge is 2.34. The van der Waals surface area contributed by atoms with Crippen LogP contribution in [0.25, 0.3) is 0 Å². The highest BCUT2D eigenvalue weighted by atomic mass is 16.1. The van der Waals surface area contributed by atoms with Gasteiger partial charge in [-0.05, 0) is 44.9 Å². The lowest BCUT2D eigenvalue weighted by Crippen LogP contribution is -2.52. The van der Waals surface area contributed by atoms with Crippen LogP contribution in [0.3, 0.4) is 0 Å². The molecule has 1 aliphatic rings. The van der Waals surface area contributed by atoms with Gasteiger partial charge in [0, 0.05) is 18.0 Å². The molecule has 0 spiro atoms. The first kappa shape index (κ1) is 10.3. The number of nitrogens with one attached hydrogen (secondary N) is 1. The zero-order valence-corrected chi connectivity index (χ0v) is 8.99. The number of Topliss-reactive ketones (excluding diaryl/α,β-unsaturated/α-hetero) is 1. The molecule has 0 bridgehead atoms. The Morgan fingerprint density at radius 2 is 2.40 bits per heavy atom. The van der Waals surface area contributed by atoms with E-state index >= 15 is 0 Å². The van der Waals surface area contributed by atoms with Crippen LogP contribution in [0.2, 0.25) is 0 Å². The van der Waals surface area contributed by atoms with Gasteiger partial charge in [-0.2, -0.15) is 0 Å². The number of aromatic nitrogens is 1. The van der Waals surface area contributed by atoms with Crippen molar-refractivity contribution < 1.29 is 4.79 Å². The Labute approximate surface area is 89.9 Å². The summed E-state index contributed by atoms with van der Waals surface area (Å²) in [4.78, 5) is 16.2. The van der Waals surface area contributed by atoms with Gasteiger partial charge in [-0.25, -0.2) is 0 Å². The van der Waals surface area contributed by atoms with Crippen molar-refractivity contribution in [2.45, 2.75) is 31.7 Å². The fraction of sp³-hybridized carbons (Fsp3) is 0.500. The molecule has 0 amide bonds. The van der Waals surface area contributed by atoms with Crippen LogP contribution in [0.5, 0.6) is 0 Å². The van der Waals surface area contributed by atoms with Crippen molar-refractivity contribution in [1.29, 1.82) is 0 Å². The van der Waals surface area contributed by atoms with Gasteiger partial charge in [0.15, 0.2) is 5.78 Å². The second-order valence-electron chi connectivity index (χ2n) is 4.29. The maximum absolute atomic E-state index is 12.2. The molecule has 1 atom stereocenters. The Morgan fingerprint density at radius 3 is 3.00 bits per heavy atom. The standard InChI is InChI=1S/C12H16N2O/c1-12(6-2-3-8-14-12)11(15)10-5-4-7-13-9-10/h4-5,7,9,14H,2-3,6,8H2,1H3. The van der Waals surface area contributed by atoms with E-state index in [1.807, 2.05) is 13.0 Å². The number of carbonyl (C=O) groups is 1. The third kappa shape index (κ3) is 2.07. The number of ketones is 1.